The van der Waals surface area contributed by atoms with Gasteiger partial charge in [0.1, 0.15) is 5.82 Å². The molecule has 3 aromatic carbocycles. The maximum absolute atomic E-state index is 12.9. The lowest BCUT2D eigenvalue weighted by Crippen LogP contribution is -2.28. The number of hydrogen-bond acceptors (Lipinski definition) is 2. The van der Waals surface area contributed by atoms with Gasteiger partial charge >= 0.3 is 6.18 Å². The van der Waals surface area contributed by atoms with E-state index in [-0.39, 0.29) is 11.9 Å². The predicted octanol–water partition coefficient (Wildman–Crippen LogP) is 5.75. The van der Waals surface area contributed by atoms with Crippen LogP contribution in [0.5, 0.6) is 0 Å². The summed E-state index contributed by atoms with van der Waals surface area (Å²) in [6.07, 6.45) is -0.876. The molecule has 0 saturated heterocycles. The highest BCUT2D eigenvalue weighted by Gasteiger charge is 2.30. The summed E-state index contributed by atoms with van der Waals surface area (Å²) < 4.78 is 40.4. The van der Waals surface area contributed by atoms with Crippen LogP contribution in [0.2, 0.25) is 0 Å². The zero-order valence-electron chi connectivity index (χ0n) is 16.9. The van der Waals surface area contributed by atoms with Crippen molar-refractivity contribution in [1.82, 2.24) is 14.9 Å². The van der Waals surface area contributed by atoms with Crippen LogP contribution in [-0.4, -0.2) is 15.5 Å². The fourth-order valence-corrected chi connectivity index (χ4v) is 3.65. The third-order valence-corrected chi connectivity index (χ3v) is 5.26. The summed E-state index contributed by atoms with van der Waals surface area (Å²) in [5.74, 6) is 0.524. The van der Waals surface area contributed by atoms with Gasteiger partial charge in [-0.2, -0.15) is 13.2 Å². The molecule has 1 heterocycles. The number of aryl methyl sites for hydroxylation is 1. The number of rotatable bonds is 4. The molecule has 0 aliphatic heterocycles. The molecule has 0 aliphatic rings. The Morgan fingerprint density at radius 3 is 2.45 bits per heavy atom. The summed E-state index contributed by atoms with van der Waals surface area (Å²) >= 11 is 0. The molecule has 0 spiro atoms. The monoisotopic (exact) mass is 423 g/mol. The maximum Gasteiger partial charge on any atom is 0.416 e. The number of carbonyl (C=O) groups excluding carboxylic acids is 1. The molecule has 1 atom stereocenters. The van der Waals surface area contributed by atoms with E-state index in [9.17, 15) is 18.0 Å². The number of fused-ring (bicyclic) bond motifs is 1. The average molecular weight is 423 g/mol. The van der Waals surface area contributed by atoms with Crippen LogP contribution >= 0.6 is 0 Å². The van der Waals surface area contributed by atoms with E-state index in [1.54, 1.807) is 18.3 Å². The van der Waals surface area contributed by atoms with Gasteiger partial charge in [-0.1, -0.05) is 36.4 Å². The quantitative estimate of drug-likeness (QED) is 0.454. The van der Waals surface area contributed by atoms with Crippen LogP contribution in [0.1, 0.15) is 34.7 Å². The van der Waals surface area contributed by atoms with Crippen LogP contribution in [0, 0.1) is 0 Å². The van der Waals surface area contributed by atoms with Crippen molar-refractivity contribution >= 4 is 16.7 Å². The Labute approximate surface area is 177 Å². The van der Waals surface area contributed by atoms with Gasteiger partial charge in [-0.05, 0) is 53.1 Å². The molecule has 0 aliphatic carbocycles. The molecule has 0 saturated carbocycles. The Morgan fingerprint density at radius 2 is 1.81 bits per heavy atom. The molecule has 1 N–H and O–H groups in total. The van der Waals surface area contributed by atoms with Crippen molar-refractivity contribution in [3.05, 3.63) is 90.0 Å². The van der Waals surface area contributed by atoms with Gasteiger partial charge in [0.25, 0.3) is 5.91 Å². The molecule has 4 nitrogen and oxygen atoms in total. The fourth-order valence-electron chi connectivity index (χ4n) is 3.65. The zero-order valence-corrected chi connectivity index (χ0v) is 16.9. The summed E-state index contributed by atoms with van der Waals surface area (Å²) in [4.78, 5) is 17.0. The van der Waals surface area contributed by atoms with Crippen molar-refractivity contribution in [3.63, 3.8) is 0 Å². The highest BCUT2D eigenvalue weighted by molar-refractivity contribution is 6.02. The van der Waals surface area contributed by atoms with Crippen molar-refractivity contribution in [1.29, 1.82) is 0 Å². The Bertz CT molecular complexity index is 1240. The van der Waals surface area contributed by atoms with Gasteiger partial charge in [0.15, 0.2) is 0 Å². The first-order valence-electron chi connectivity index (χ1n) is 9.72. The van der Waals surface area contributed by atoms with Gasteiger partial charge < -0.3 is 9.88 Å². The standard InChI is InChI=1S/C24H20F3N3O/c1-15(22-28-12-13-30(22)2)29-23(31)18-8-11-21-17(14-18)4-3-5-20(21)16-6-9-19(10-7-16)24(25,26)27/h3-15H,1-2H3,(H,29,31). The first-order chi connectivity index (χ1) is 14.7. The highest BCUT2D eigenvalue weighted by Crippen LogP contribution is 2.33. The summed E-state index contributed by atoms with van der Waals surface area (Å²) in [6.45, 7) is 1.87. The minimum atomic E-state index is -4.37. The molecular formula is C24H20F3N3O. The van der Waals surface area contributed by atoms with Crippen molar-refractivity contribution in [2.75, 3.05) is 0 Å². The van der Waals surface area contributed by atoms with Crippen molar-refractivity contribution < 1.29 is 18.0 Å². The molecule has 1 unspecified atom stereocenters. The molecule has 1 amide bonds. The van der Waals surface area contributed by atoms with Crippen LogP contribution in [0.15, 0.2) is 73.1 Å². The van der Waals surface area contributed by atoms with Gasteiger partial charge in [0.2, 0.25) is 0 Å². The molecular weight excluding hydrogens is 403 g/mol. The Morgan fingerprint density at radius 1 is 1.06 bits per heavy atom. The summed E-state index contributed by atoms with van der Waals surface area (Å²) in [6, 6.07) is 15.7. The molecule has 0 bridgehead atoms. The molecule has 158 valence electrons. The van der Waals surface area contributed by atoms with E-state index < -0.39 is 11.7 Å². The lowest BCUT2D eigenvalue weighted by atomic mass is 9.96. The second-order valence-corrected chi connectivity index (χ2v) is 7.41. The van der Waals surface area contributed by atoms with Crippen LogP contribution in [-0.2, 0) is 13.2 Å². The van der Waals surface area contributed by atoms with Crippen LogP contribution < -0.4 is 5.32 Å². The third kappa shape index (κ3) is 4.17. The molecule has 0 fully saturated rings. The number of nitrogens with one attached hydrogen (secondary N) is 1. The lowest BCUT2D eigenvalue weighted by Gasteiger charge is -2.14. The van der Waals surface area contributed by atoms with Crippen molar-refractivity contribution in [3.8, 4) is 11.1 Å². The molecule has 0 radical (unpaired) electrons. The molecule has 31 heavy (non-hydrogen) atoms. The van der Waals surface area contributed by atoms with Crippen LogP contribution in [0.25, 0.3) is 21.9 Å². The van der Waals surface area contributed by atoms with Gasteiger partial charge in [-0.15, -0.1) is 0 Å². The number of alkyl halides is 3. The topological polar surface area (TPSA) is 46.9 Å². The highest BCUT2D eigenvalue weighted by atomic mass is 19.4. The van der Waals surface area contributed by atoms with E-state index in [2.05, 4.69) is 10.3 Å². The van der Waals surface area contributed by atoms with Crippen molar-refractivity contribution in [2.45, 2.75) is 19.1 Å². The van der Waals surface area contributed by atoms with Gasteiger partial charge in [0.05, 0.1) is 11.6 Å². The van der Waals surface area contributed by atoms with Crippen LogP contribution in [0.3, 0.4) is 0 Å². The minimum absolute atomic E-state index is 0.225. The number of carbonyl (C=O) groups is 1. The number of imidazole rings is 1. The number of amides is 1. The van der Waals surface area contributed by atoms with E-state index >= 15 is 0 Å². The number of aromatic nitrogens is 2. The maximum atomic E-state index is 12.9. The largest absolute Gasteiger partial charge is 0.416 e. The summed E-state index contributed by atoms with van der Waals surface area (Å²) in [5, 5.41) is 4.63. The predicted molar refractivity (Wildman–Crippen MR) is 113 cm³/mol. The molecule has 1 aromatic heterocycles. The van der Waals surface area contributed by atoms with Crippen molar-refractivity contribution in [2.24, 2.45) is 7.05 Å². The smallest absolute Gasteiger partial charge is 0.342 e. The fraction of sp³-hybridized carbons (Fsp3) is 0.167. The SMILES string of the molecule is CC(NC(=O)c1ccc2c(-c3ccc(C(F)(F)F)cc3)cccc2c1)c1nccn1C. The first-order valence-corrected chi connectivity index (χ1v) is 9.72. The number of benzene rings is 3. The molecule has 4 rings (SSSR count). The Balaban J connectivity index is 1.62. The normalized spacial score (nSPS) is 12.7. The van der Waals surface area contributed by atoms with Gasteiger partial charge in [-0.25, -0.2) is 4.98 Å². The first kappa shape index (κ1) is 20.7. The molecule has 7 heteroatoms. The van der Waals surface area contributed by atoms with E-state index in [0.29, 0.717) is 11.1 Å². The number of hydrogen-bond donors (Lipinski definition) is 1. The molecule has 4 aromatic rings. The Hall–Kier alpha value is -3.61. The van der Waals surface area contributed by atoms with E-state index in [4.69, 9.17) is 0 Å². The van der Waals surface area contributed by atoms with Gasteiger partial charge in [-0.3, -0.25) is 4.79 Å². The third-order valence-electron chi connectivity index (χ3n) is 5.26. The lowest BCUT2D eigenvalue weighted by molar-refractivity contribution is -0.137. The summed E-state index contributed by atoms with van der Waals surface area (Å²) in [5.41, 5.74) is 1.30. The Kier molecular flexibility index (Phi) is 5.27. The van der Waals surface area contributed by atoms with E-state index in [0.717, 1.165) is 34.3 Å². The average Bonchev–Trinajstić information content (AvgIpc) is 3.18. The number of halogens is 3. The van der Waals surface area contributed by atoms with Gasteiger partial charge in [0, 0.05) is 25.0 Å². The number of nitrogens with zero attached hydrogens (tertiary/aromatic N) is 2. The zero-order chi connectivity index (χ0) is 22.2. The minimum Gasteiger partial charge on any atom is -0.342 e. The second kappa shape index (κ2) is 7.91. The van der Waals surface area contributed by atoms with Crippen LogP contribution in [0.4, 0.5) is 13.2 Å². The van der Waals surface area contributed by atoms with E-state index in [1.807, 2.05) is 49.0 Å². The van der Waals surface area contributed by atoms with E-state index in [1.165, 1.54) is 12.1 Å². The summed E-state index contributed by atoms with van der Waals surface area (Å²) in [7, 11) is 1.86. The second-order valence-electron chi connectivity index (χ2n) is 7.41.